The van der Waals surface area contributed by atoms with Crippen LogP contribution < -0.4 is 0 Å². The zero-order valence-electron chi connectivity index (χ0n) is 17.4. The number of rotatable bonds is 7. The summed E-state index contributed by atoms with van der Waals surface area (Å²) in [6.45, 7) is 1.12. The van der Waals surface area contributed by atoms with E-state index in [1.807, 2.05) is 35.2 Å². The Balaban J connectivity index is 1.42. The molecule has 1 N–H and O–H groups in total. The largest absolute Gasteiger partial charge is 0.361 e. The third-order valence-corrected chi connectivity index (χ3v) is 5.91. The topological polar surface area (TPSA) is 61.9 Å². The van der Waals surface area contributed by atoms with Gasteiger partial charge in [0.2, 0.25) is 0 Å². The van der Waals surface area contributed by atoms with Gasteiger partial charge in [-0.15, -0.1) is 0 Å². The highest BCUT2D eigenvalue weighted by Gasteiger charge is 2.29. The lowest BCUT2D eigenvalue weighted by Crippen LogP contribution is -2.35. The number of halogens is 2. The molecule has 5 nitrogen and oxygen atoms in total. The van der Waals surface area contributed by atoms with Gasteiger partial charge < -0.3 is 9.88 Å². The highest BCUT2D eigenvalue weighted by molar-refractivity contribution is 5.99. The van der Waals surface area contributed by atoms with Crippen molar-refractivity contribution < 1.29 is 13.6 Å². The van der Waals surface area contributed by atoms with E-state index < -0.39 is 11.6 Å². The molecule has 0 atom stereocenters. The van der Waals surface area contributed by atoms with E-state index in [0.717, 1.165) is 30.0 Å². The minimum absolute atomic E-state index is 0.117. The standard InChI is InChI=1S/C25H22F2N4O/c26-21-10-19-18(12-29-23(19)11-22(21)27)8-9-31(14-16-6-7-16)25(32)20-13-28-15-30-24(20)17-4-2-1-3-5-17/h1-5,10-13,15-16,29H,6-9,14H2. The van der Waals surface area contributed by atoms with Crippen LogP contribution in [0.4, 0.5) is 8.78 Å². The van der Waals surface area contributed by atoms with Gasteiger partial charge in [-0.25, -0.2) is 18.7 Å². The number of carbonyl (C=O) groups is 1. The molecule has 0 spiro atoms. The SMILES string of the molecule is O=C(c1cncnc1-c1ccccc1)N(CCc1c[nH]c2cc(F)c(F)cc12)CC1CC1. The van der Waals surface area contributed by atoms with Crippen molar-refractivity contribution in [2.45, 2.75) is 19.3 Å². The lowest BCUT2D eigenvalue weighted by atomic mass is 10.1. The van der Waals surface area contributed by atoms with E-state index in [1.54, 1.807) is 12.4 Å². The zero-order chi connectivity index (χ0) is 22.1. The number of carbonyl (C=O) groups excluding carboxylic acids is 1. The predicted octanol–water partition coefficient (Wildman–Crippen LogP) is 5.00. The number of aromatic amines is 1. The van der Waals surface area contributed by atoms with Gasteiger partial charge in [0.1, 0.15) is 6.33 Å². The first-order valence-corrected chi connectivity index (χ1v) is 10.7. The van der Waals surface area contributed by atoms with Gasteiger partial charge in [0.25, 0.3) is 5.91 Å². The minimum Gasteiger partial charge on any atom is -0.361 e. The number of amides is 1. The number of benzene rings is 2. The minimum atomic E-state index is -0.881. The summed E-state index contributed by atoms with van der Waals surface area (Å²) < 4.78 is 27.3. The van der Waals surface area contributed by atoms with Gasteiger partial charge in [0.15, 0.2) is 11.6 Å². The van der Waals surface area contributed by atoms with Gasteiger partial charge >= 0.3 is 0 Å². The second kappa shape index (κ2) is 8.49. The van der Waals surface area contributed by atoms with E-state index in [9.17, 15) is 13.6 Å². The third kappa shape index (κ3) is 4.10. The molecule has 1 saturated carbocycles. The molecule has 2 aromatic carbocycles. The Morgan fingerprint density at radius 2 is 1.91 bits per heavy atom. The molecule has 2 heterocycles. The number of hydrogen-bond acceptors (Lipinski definition) is 3. The van der Waals surface area contributed by atoms with Crippen molar-refractivity contribution in [3.8, 4) is 11.3 Å². The number of fused-ring (bicyclic) bond motifs is 1. The summed E-state index contributed by atoms with van der Waals surface area (Å²) in [5.74, 6) is -1.38. The first-order chi connectivity index (χ1) is 15.6. The molecule has 1 aliphatic rings. The first-order valence-electron chi connectivity index (χ1n) is 10.7. The normalized spacial score (nSPS) is 13.4. The lowest BCUT2D eigenvalue weighted by molar-refractivity contribution is 0.0749. The van der Waals surface area contributed by atoms with Gasteiger partial charge in [0, 0.05) is 48.0 Å². The van der Waals surface area contributed by atoms with Crippen molar-refractivity contribution >= 4 is 16.8 Å². The van der Waals surface area contributed by atoms with Crippen molar-refractivity contribution in [3.63, 3.8) is 0 Å². The number of nitrogens with zero attached hydrogens (tertiary/aromatic N) is 3. The Morgan fingerprint density at radius 3 is 2.69 bits per heavy atom. The van der Waals surface area contributed by atoms with Gasteiger partial charge in [0.05, 0.1) is 11.3 Å². The molecule has 1 amide bonds. The summed E-state index contributed by atoms with van der Waals surface area (Å²) >= 11 is 0. The quantitative estimate of drug-likeness (QED) is 0.447. The summed E-state index contributed by atoms with van der Waals surface area (Å²) in [5, 5.41) is 0.635. The van der Waals surface area contributed by atoms with Gasteiger partial charge in [-0.3, -0.25) is 4.79 Å². The smallest absolute Gasteiger partial charge is 0.257 e. The summed E-state index contributed by atoms with van der Waals surface area (Å²) in [6.07, 6.45) is 7.52. The van der Waals surface area contributed by atoms with Crippen LogP contribution in [0, 0.1) is 17.6 Å². The van der Waals surface area contributed by atoms with Crippen LogP contribution in [0.2, 0.25) is 0 Å². The fourth-order valence-corrected chi connectivity index (χ4v) is 4.01. The molecule has 162 valence electrons. The Kier molecular flexibility index (Phi) is 5.39. The summed E-state index contributed by atoms with van der Waals surface area (Å²) in [7, 11) is 0. The molecule has 4 aromatic rings. The number of H-pyrrole nitrogens is 1. The van der Waals surface area contributed by atoms with Crippen LogP contribution in [0.3, 0.4) is 0 Å². The molecule has 0 radical (unpaired) electrons. The predicted molar refractivity (Wildman–Crippen MR) is 118 cm³/mol. The van der Waals surface area contributed by atoms with E-state index in [0.29, 0.717) is 47.6 Å². The van der Waals surface area contributed by atoms with Crippen molar-refractivity contribution in [1.82, 2.24) is 19.9 Å². The Bertz CT molecular complexity index is 1270. The van der Waals surface area contributed by atoms with E-state index in [-0.39, 0.29) is 5.91 Å². The van der Waals surface area contributed by atoms with Crippen LogP contribution in [0.5, 0.6) is 0 Å². The monoisotopic (exact) mass is 432 g/mol. The molecule has 1 fully saturated rings. The molecule has 2 aromatic heterocycles. The molecule has 32 heavy (non-hydrogen) atoms. The second-order valence-electron chi connectivity index (χ2n) is 8.22. The van der Waals surface area contributed by atoms with E-state index >= 15 is 0 Å². The molecule has 0 saturated heterocycles. The average Bonchev–Trinajstić information content (AvgIpc) is 3.57. The maximum absolute atomic E-state index is 13.8. The highest BCUT2D eigenvalue weighted by atomic mass is 19.2. The Labute approximate surface area is 184 Å². The van der Waals surface area contributed by atoms with Crippen LogP contribution in [0.1, 0.15) is 28.8 Å². The first kappa shape index (κ1) is 20.3. The molecule has 1 aliphatic carbocycles. The van der Waals surface area contributed by atoms with Crippen LogP contribution in [-0.2, 0) is 6.42 Å². The fraction of sp³-hybridized carbons (Fsp3) is 0.240. The summed E-state index contributed by atoms with van der Waals surface area (Å²) in [6, 6.07) is 11.9. The fourth-order valence-electron chi connectivity index (χ4n) is 4.01. The van der Waals surface area contributed by atoms with E-state index in [1.165, 1.54) is 12.4 Å². The van der Waals surface area contributed by atoms with E-state index in [4.69, 9.17) is 0 Å². The number of hydrogen-bond donors (Lipinski definition) is 1. The van der Waals surface area contributed by atoms with Crippen LogP contribution in [0.25, 0.3) is 22.2 Å². The third-order valence-electron chi connectivity index (χ3n) is 5.91. The maximum atomic E-state index is 13.8. The van der Waals surface area contributed by atoms with Gasteiger partial charge in [-0.2, -0.15) is 0 Å². The van der Waals surface area contributed by atoms with Crippen molar-refractivity contribution in [2.24, 2.45) is 5.92 Å². The molecule has 0 aliphatic heterocycles. The lowest BCUT2D eigenvalue weighted by Gasteiger charge is -2.23. The zero-order valence-corrected chi connectivity index (χ0v) is 17.4. The van der Waals surface area contributed by atoms with Crippen molar-refractivity contribution in [1.29, 1.82) is 0 Å². The molecular formula is C25H22F2N4O. The van der Waals surface area contributed by atoms with Crippen molar-refractivity contribution in [3.05, 3.63) is 83.9 Å². The Hall–Kier alpha value is -3.61. The maximum Gasteiger partial charge on any atom is 0.257 e. The molecule has 7 heteroatoms. The summed E-state index contributed by atoms with van der Waals surface area (Å²) in [5.41, 5.74) is 3.32. The van der Waals surface area contributed by atoms with Gasteiger partial charge in [-0.1, -0.05) is 30.3 Å². The highest BCUT2D eigenvalue weighted by Crippen LogP contribution is 2.31. The summed E-state index contributed by atoms with van der Waals surface area (Å²) in [4.78, 5) is 26.9. The number of aromatic nitrogens is 3. The van der Waals surface area contributed by atoms with Crippen LogP contribution in [0.15, 0.2) is 61.2 Å². The molecular weight excluding hydrogens is 410 g/mol. The van der Waals surface area contributed by atoms with Gasteiger partial charge in [-0.05, 0) is 36.8 Å². The number of nitrogens with one attached hydrogen (secondary N) is 1. The molecule has 0 unspecified atom stereocenters. The second-order valence-corrected chi connectivity index (χ2v) is 8.22. The van der Waals surface area contributed by atoms with E-state index in [2.05, 4.69) is 15.0 Å². The van der Waals surface area contributed by atoms with Crippen LogP contribution >= 0.6 is 0 Å². The Morgan fingerprint density at radius 1 is 1.12 bits per heavy atom. The molecule has 0 bridgehead atoms. The average molecular weight is 432 g/mol. The van der Waals surface area contributed by atoms with Crippen molar-refractivity contribution in [2.75, 3.05) is 13.1 Å². The molecule has 5 rings (SSSR count). The van der Waals surface area contributed by atoms with Crippen LogP contribution in [-0.4, -0.2) is 38.8 Å².